The Morgan fingerprint density at radius 2 is 2.00 bits per heavy atom. The Balaban J connectivity index is 1.73. The van der Waals surface area contributed by atoms with E-state index >= 15 is 0 Å². The van der Waals surface area contributed by atoms with Crippen LogP contribution in [0, 0.1) is 11.7 Å². The van der Waals surface area contributed by atoms with Crippen LogP contribution in [0.25, 0.3) is 0 Å². The van der Waals surface area contributed by atoms with Crippen LogP contribution in [0.2, 0.25) is 0 Å². The Bertz CT molecular complexity index is 739. The lowest BCUT2D eigenvalue weighted by molar-refractivity contribution is 0.158. The lowest BCUT2D eigenvalue weighted by atomic mass is 9.90. The van der Waals surface area contributed by atoms with Gasteiger partial charge in [0.15, 0.2) is 5.82 Å². The van der Waals surface area contributed by atoms with Crippen molar-refractivity contribution in [1.29, 1.82) is 0 Å². The molecule has 2 unspecified atom stereocenters. The molecular formula is C17H20FN3OS. The van der Waals surface area contributed by atoms with E-state index in [1.54, 1.807) is 24.7 Å². The van der Waals surface area contributed by atoms with Gasteiger partial charge in [0.1, 0.15) is 22.6 Å². The molecule has 1 saturated carbocycles. The summed E-state index contributed by atoms with van der Waals surface area (Å²) in [6, 6.07) is 6.69. The molecule has 23 heavy (non-hydrogen) atoms. The molecule has 0 bridgehead atoms. The predicted octanol–water partition coefficient (Wildman–Crippen LogP) is 3.78. The van der Waals surface area contributed by atoms with E-state index in [9.17, 15) is 9.50 Å². The number of rotatable bonds is 3. The minimum absolute atomic E-state index is 0.264. The number of thiol groups is 1. The third kappa shape index (κ3) is 2.60. The van der Waals surface area contributed by atoms with Crippen molar-refractivity contribution in [1.82, 2.24) is 8.96 Å². The average Bonchev–Trinajstić information content (AvgIpc) is 3.16. The smallest absolute Gasteiger partial charge is 0.162 e. The summed E-state index contributed by atoms with van der Waals surface area (Å²) in [5.41, 5.74) is -0.00345. The molecule has 0 radical (unpaired) electrons. The fourth-order valence-corrected chi connectivity index (χ4v) is 6.03. The molecule has 122 valence electrons. The summed E-state index contributed by atoms with van der Waals surface area (Å²) >= 11 is -1.14. The second kappa shape index (κ2) is 6.09. The van der Waals surface area contributed by atoms with Crippen molar-refractivity contribution in [2.75, 3.05) is 0 Å². The van der Waals surface area contributed by atoms with Crippen LogP contribution in [0.1, 0.15) is 37.7 Å². The van der Waals surface area contributed by atoms with Gasteiger partial charge >= 0.3 is 0 Å². The van der Waals surface area contributed by atoms with Gasteiger partial charge < -0.3 is 5.11 Å². The quantitative estimate of drug-likeness (QED) is 0.840. The molecule has 1 fully saturated rings. The van der Waals surface area contributed by atoms with Crippen LogP contribution in [-0.2, 0) is 0 Å². The number of halogens is 1. The van der Waals surface area contributed by atoms with Crippen LogP contribution < -0.4 is 0 Å². The number of hydrogen-bond acceptors (Lipinski definition) is 3. The molecule has 6 heteroatoms. The molecule has 4 nitrogen and oxygen atoms in total. The molecule has 2 aromatic rings. The van der Waals surface area contributed by atoms with Gasteiger partial charge in [0.2, 0.25) is 0 Å². The Morgan fingerprint density at radius 3 is 2.78 bits per heavy atom. The minimum atomic E-state index is -1.14. The SMILES string of the molecule is OC(C1CCCCC1)[SH]1C(c2ccccc2F)=Nc2cncn21. The number of benzene rings is 1. The van der Waals surface area contributed by atoms with Crippen molar-refractivity contribution < 1.29 is 9.50 Å². The van der Waals surface area contributed by atoms with Gasteiger partial charge in [0.05, 0.1) is 6.20 Å². The Morgan fingerprint density at radius 1 is 1.22 bits per heavy atom. The molecule has 1 aromatic carbocycles. The zero-order chi connectivity index (χ0) is 15.8. The van der Waals surface area contributed by atoms with Gasteiger partial charge in [-0.2, -0.15) is 0 Å². The Kier molecular flexibility index (Phi) is 3.95. The number of fused-ring (bicyclic) bond motifs is 1. The van der Waals surface area contributed by atoms with Crippen LogP contribution in [-0.4, -0.2) is 24.5 Å². The monoisotopic (exact) mass is 333 g/mol. The highest BCUT2D eigenvalue weighted by Gasteiger charge is 2.36. The van der Waals surface area contributed by atoms with E-state index in [0.29, 0.717) is 16.4 Å². The number of aliphatic hydroxyl groups excluding tert-OH is 1. The second-order valence-corrected chi connectivity index (χ2v) is 8.24. The maximum Gasteiger partial charge on any atom is 0.162 e. The first-order valence-electron chi connectivity index (χ1n) is 8.09. The van der Waals surface area contributed by atoms with Crippen molar-refractivity contribution in [2.45, 2.75) is 37.5 Å². The standard InChI is InChI=1S/C17H20FN3OS/c18-14-9-5-4-8-13(14)16-20-15-10-19-11-21(15)23(16)17(22)12-6-2-1-3-7-12/h4-5,8-12,17,22-23H,1-3,6-7H2. The molecule has 1 N–H and O–H groups in total. The van der Waals surface area contributed by atoms with Crippen molar-refractivity contribution in [3.8, 4) is 0 Å². The highest BCUT2D eigenvalue weighted by Crippen LogP contribution is 2.50. The number of aliphatic imine (C=N–C) groups is 1. The molecule has 0 spiro atoms. The maximum absolute atomic E-state index is 14.3. The zero-order valence-electron chi connectivity index (χ0n) is 12.8. The predicted molar refractivity (Wildman–Crippen MR) is 91.8 cm³/mol. The van der Waals surface area contributed by atoms with Crippen LogP contribution in [0.4, 0.5) is 10.2 Å². The summed E-state index contributed by atoms with van der Waals surface area (Å²) in [6.07, 6.45) is 9.03. The van der Waals surface area contributed by atoms with Gasteiger partial charge in [0.25, 0.3) is 0 Å². The van der Waals surface area contributed by atoms with Crippen molar-refractivity contribution in [3.05, 3.63) is 48.2 Å². The fourth-order valence-electron chi connectivity index (χ4n) is 3.50. The Labute approximate surface area is 137 Å². The largest absolute Gasteiger partial charge is 0.382 e. The molecule has 2 aliphatic rings. The van der Waals surface area contributed by atoms with Gasteiger partial charge in [0, 0.05) is 5.56 Å². The Hall–Kier alpha value is -1.66. The molecule has 1 aliphatic carbocycles. The summed E-state index contributed by atoms with van der Waals surface area (Å²) in [7, 11) is 0. The van der Waals surface area contributed by atoms with Crippen molar-refractivity contribution in [3.63, 3.8) is 0 Å². The topological polar surface area (TPSA) is 50.4 Å². The molecule has 0 amide bonds. The summed E-state index contributed by atoms with van der Waals surface area (Å²) in [4.78, 5) is 8.73. The fraction of sp³-hybridized carbons (Fsp3) is 0.412. The van der Waals surface area contributed by atoms with E-state index in [0.717, 1.165) is 25.7 Å². The summed E-state index contributed by atoms with van der Waals surface area (Å²) in [5.74, 6) is 0.692. The van der Waals surface area contributed by atoms with Crippen LogP contribution in [0.15, 0.2) is 41.8 Å². The number of aromatic nitrogens is 2. The van der Waals surface area contributed by atoms with Crippen LogP contribution >= 0.6 is 11.1 Å². The van der Waals surface area contributed by atoms with Crippen molar-refractivity contribution in [2.24, 2.45) is 10.9 Å². The normalized spacial score (nSPS) is 24.3. The van der Waals surface area contributed by atoms with Crippen LogP contribution in [0.5, 0.6) is 0 Å². The molecule has 1 aliphatic heterocycles. The van der Waals surface area contributed by atoms with E-state index < -0.39 is 16.5 Å². The minimum Gasteiger partial charge on any atom is -0.382 e. The summed E-state index contributed by atoms with van der Waals surface area (Å²) < 4.78 is 16.2. The maximum atomic E-state index is 14.3. The third-order valence-electron chi connectivity index (χ3n) is 4.71. The first-order chi connectivity index (χ1) is 11.3. The first-order valence-corrected chi connectivity index (χ1v) is 9.45. The van der Waals surface area contributed by atoms with E-state index in [-0.39, 0.29) is 11.7 Å². The number of nitrogens with zero attached hydrogens (tertiary/aromatic N) is 3. The molecule has 2 heterocycles. The summed E-state index contributed by atoms with van der Waals surface area (Å²) in [5, 5.41) is 11.7. The van der Waals surface area contributed by atoms with E-state index in [1.807, 2.05) is 10.0 Å². The number of imidazole rings is 1. The van der Waals surface area contributed by atoms with E-state index in [1.165, 1.54) is 12.5 Å². The first kappa shape index (κ1) is 14.9. The van der Waals surface area contributed by atoms with E-state index in [4.69, 9.17) is 0 Å². The van der Waals surface area contributed by atoms with E-state index in [2.05, 4.69) is 9.98 Å². The number of hydrogen-bond donors (Lipinski definition) is 2. The second-order valence-electron chi connectivity index (χ2n) is 6.17. The molecule has 0 saturated heterocycles. The summed E-state index contributed by atoms with van der Waals surface area (Å²) in [6.45, 7) is 0. The van der Waals surface area contributed by atoms with Gasteiger partial charge in [-0.3, -0.25) is 3.97 Å². The van der Waals surface area contributed by atoms with Crippen molar-refractivity contribution >= 4 is 21.9 Å². The number of aliphatic hydroxyl groups is 1. The van der Waals surface area contributed by atoms with Gasteiger partial charge in [-0.1, -0.05) is 42.5 Å². The van der Waals surface area contributed by atoms with Crippen LogP contribution in [0.3, 0.4) is 0 Å². The lowest BCUT2D eigenvalue weighted by Crippen LogP contribution is -2.27. The van der Waals surface area contributed by atoms with Gasteiger partial charge in [-0.25, -0.2) is 14.4 Å². The highest BCUT2D eigenvalue weighted by molar-refractivity contribution is 8.29. The highest BCUT2D eigenvalue weighted by atomic mass is 32.2. The zero-order valence-corrected chi connectivity index (χ0v) is 13.7. The lowest BCUT2D eigenvalue weighted by Gasteiger charge is -2.34. The van der Waals surface area contributed by atoms with Gasteiger partial charge in [-0.05, 0) is 30.9 Å². The molecule has 4 rings (SSSR count). The molecular weight excluding hydrogens is 313 g/mol. The average molecular weight is 333 g/mol. The van der Waals surface area contributed by atoms with Gasteiger partial charge in [-0.15, -0.1) is 0 Å². The molecule has 1 aromatic heterocycles. The molecule has 2 atom stereocenters. The third-order valence-corrected chi connectivity index (χ3v) is 7.18.